The van der Waals surface area contributed by atoms with E-state index in [0.717, 1.165) is 44.3 Å². The Morgan fingerprint density at radius 3 is 2.40 bits per heavy atom. The van der Waals surface area contributed by atoms with Gasteiger partial charge >= 0.3 is 0 Å². The largest absolute Gasteiger partial charge is 0.338 e. The van der Waals surface area contributed by atoms with Gasteiger partial charge in [0, 0.05) is 31.6 Å². The second-order valence-corrected chi connectivity index (χ2v) is 8.22. The molecule has 20 heavy (non-hydrogen) atoms. The number of likely N-dealkylation sites (tertiary alicyclic amines) is 1. The second kappa shape index (κ2) is 5.32. The highest BCUT2D eigenvalue weighted by Crippen LogP contribution is 2.41. The smallest absolute Gasteiger partial charge is 0.225 e. The van der Waals surface area contributed by atoms with Crippen molar-refractivity contribution in [3.8, 4) is 0 Å². The Labute approximate surface area is 123 Å². The van der Waals surface area contributed by atoms with Crippen LogP contribution in [-0.2, 0) is 4.79 Å². The Morgan fingerprint density at radius 1 is 1.05 bits per heavy atom. The fourth-order valence-electron chi connectivity index (χ4n) is 4.56. The molecule has 114 valence electrons. The number of fused-ring (bicyclic) bond motifs is 1. The van der Waals surface area contributed by atoms with E-state index in [9.17, 15) is 4.79 Å². The van der Waals surface area contributed by atoms with Gasteiger partial charge in [0.2, 0.25) is 5.91 Å². The van der Waals surface area contributed by atoms with Gasteiger partial charge in [0.05, 0.1) is 0 Å². The van der Waals surface area contributed by atoms with Gasteiger partial charge in [0.25, 0.3) is 0 Å². The highest BCUT2D eigenvalue weighted by atomic mass is 16.2. The Bertz CT molecular complexity index is 366. The summed E-state index contributed by atoms with van der Waals surface area (Å²) < 4.78 is 0. The van der Waals surface area contributed by atoms with Crippen LogP contribution in [0.3, 0.4) is 0 Å². The van der Waals surface area contributed by atoms with Gasteiger partial charge in [-0.3, -0.25) is 4.79 Å². The minimum atomic E-state index is 0.313. The lowest BCUT2D eigenvalue weighted by atomic mass is 9.69. The first kappa shape index (κ1) is 14.4. The van der Waals surface area contributed by atoms with Crippen LogP contribution in [0.15, 0.2) is 0 Å². The Kier molecular flexibility index (Phi) is 3.83. The first-order valence-corrected chi connectivity index (χ1v) is 8.48. The zero-order valence-electron chi connectivity index (χ0n) is 13.3. The first-order chi connectivity index (χ1) is 9.47. The van der Waals surface area contributed by atoms with Crippen LogP contribution in [0.25, 0.3) is 0 Å². The molecule has 1 N–H and O–H groups in total. The quantitative estimate of drug-likeness (QED) is 0.800. The highest BCUT2D eigenvalue weighted by molar-refractivity contribution is 5.79. The monoisotopic (exact) mass is 278 g/mol. The highest BCUT2D eigenvalue weighted by Gasteiger charge is 2.42. The molecule has 3 fully saturated rings. The molecule has 3 nitrogen and oxygen atoms in total. The summed E-state index contributed by atoms with van der Waals surface area (Å²) in [7, 11) is 0. The van der Waals surface area contributed by atoms with E-state index in [4.69, 9.17) is 0 Å². The van der Waals surface area contributed by atoms with Gasteiger partial charge in [0.1, 0.15) is 0 Å². The van der Waals surface area contributed by atoms with Gasteiger partial charge in [-0.05, 0) is 49.4 Å². The van der Waals surface area contributed by atoms with Gasteiger partial charge in [-0.25, -0.2) is 0 Å². The van der Waals surface area contributed by atoms with Crippen molar-refractivity contribution in [2.24, 2.45) is 23.2 Å². The lowest BCUT2D eigenvalue weighted by molar-refractivity contribution is -0.138. The minimum Gasteiger partial charge on any atom is -0.338 e. The molecular formula is C17H30N2O. The van der Waals surface area contributed by atoms with Crippen LogP contribution in [0.5, 0.6) is 0 Å². The van der Waals surface area contributed by atoms with E-state index >= 15 is 0 Å². The third-order valence-corrected chi connectivity index (χ3v) is 6.03. The molecule has 2 atom stereocenters. The molecule has 0 aromatic rings. The summed E-state index contributed by atoms with van der Waals surface area (Å²) >= 11 is 0. The summed E-state index contributed by atoms with van der Waals surface area (Å²) in [6, 6.07) is 0.503. The van der Waals surface area contributed by atoms with Crippen molar-refractivity contribution in [2.45, 2.75) is 58.9 Å². The van der Waals surface area contributed by atoms with Crippen LogP contribution < -0.4 is 5.32 Å². The molecule has 0 radical (unpaired) electrons. The summed E-state index contributed by atoms with van der Waals surface area (Å²) in [5.41, 5.74) is 0.405. The number of hydrogen-bond donors (Lipinski definition) is 1. The molecule has 0 bridgehead atoms. The number of nitrogens with zero attached hydrogens (tertiary/aromatic N) is 1. The average molecular weight is 278 g/mol. The lowest BCUT2D eigenvalue weighted by Crippen LogP contribution is -2.43. The molecule has 0 aromatic heterocycles. The van der Waals surface area contributed by atoms with Gasteiger partial charge in [0.15, 0.2) is 0 Å². The molecule has 1 amide bonds. The van der Waals surface area contributed by atoms with Gasteiger partial charge < -0.3 is 10.2 Å². The molecule has 0 spiro atoms. The molecule has 2 aliphatic heterocycles. The van der Waals surface area contributed by atoms with E-state index in [0.29, 0.717) is 23.3 Å². The Hall–Kier alpha value is -0.570. The molecule has 1 aliphatic carbocycles. The van der Waals surface area contributed by atoms with Crippen LogP contribution in [-0.4, -0.2) is 36.5 Å². The molecule has 0 unspecified atom stereocenters. The maximum atomic E-state index is 12.8. The van der Waals surface area contributed by atoms with Crippen molar-refractivity contribution in [1.29, 1.82) is 0 Å². The van der Waals surface area contributed by atoms with E-state index < -0.39 is 0 Å². The molecule has 3 aliphatic rings. The molecule has 3 heteroatoms. The van der Waals surface area contributed by atoms with E-state index in [2.05, 4.69) is 31.0 Å². The normalized spacial score (nSPS) is 38.0. The lowest BCUT2D eigenvalue weighted by Gasteiger charge is -2.38. The Balaban J connectivity index is 1.57. The topological polar surface area (TPSA) is 32.3 Å². The van der Waals surface area contributed by atoms with Crippen LogP contribution in [0.4, 0.5) is 0 Å². The molecule has 3 rings (SSSR count). The first-order valence-electron chi connectivity index (χ1n) is 8.48. The van der Waals surface area contributed by atoms with Crippen LogP contribution in [0.1, 0.15) is 52.9 Å². The van der Waals surface area contributed by atoms with Crippen molar-refractivity contribution in [3.05, 3.63) is 0 Å². The molecule has 1 saturated carbocycles. The number of nitrogens with one attached hydrogen (secondary N) is 1. The maximum absolute atomic E-state index is 12.8. The summed E-state index contributed by atoms with van der Waals surface area (Å²) in [5, 5.41) is 3.45. The second-order valence-electron chi connectivity index (χ2n) is 8.22. The van der Waals surface area contributed by atoms with Crippen molar-refractivity contribution >= 4 is 5.91 Å². The van der Waals surface area contributed by atoms with Gasteiger partial charge in [-0.1, -0.05) is 20.8 Å². The molecular weight excluding hydrogens is 248 g/mol. The van der Waals surface area contributed by atoms with E-state index in [1.54, 1.807) is 0 Å². The standard InChI is InChI=1S/C17H30N2O/c1-17(2,3)14-6-4-12(5-7-14)16(20)19-9-8-13-10-18-11-15(13)19/h12-15,18H,4-11H2,1-3H3/t12?,13-,14?,15+/m0/s1. The van der Waals surface area contributed by atoms with Crippen LogP contribution >= 0.6 is 0 Å². The van der Waals surface area contributed by atoms with Crippen LogP contribution in [0.2, 0.25) is 0 Å². The van der Waals surface area contributed by atoms with Crippen LogP contribution in [0, 0.1) is 23.2 Å². The third-order valence-electron chi connectivity index (χ3n) is 6.03. The third kappa shape index (κ3) is 2.61. The van der Waals surface area contributed by atoms with Gasteiger partial charge in [-0.2, -0.15) is 0 Å². The fraction of sp³-hybridized carbons (Fsp3) is 0.941. The van der Waals surface area contributed by atoms with Gasteiger partial charge in [-0.15, -0.1) is 0 Å². The summed E-state index contributed by atoms with van der Waals surface area (Å²) in [5.74, 6) is 2.30. The maximum Gasteiger partial charge on any atom is 0.225 e. The number of amides is 1. The number of hydrogen-bond acceptors (Lipinski definition) is 2. The van der Waals surface area contributed by atoms with Crippen molar-refractivity contribution in [1.82, 2.24) is 10.2 Å². The summed E-state index contributed by atoms with van der Waals surface area (Å²) in [4.78, 5) is 15.0. The minimum absolute atomic E-state index is 0.313. The summed E-state index contributed by atoms with van der Waals surface area (Å²) in [6.07, 6.45) is 5.91. The number of carbonyl (C=O) groups excluding carboxylic acids is 1. The zero-order valence-corrected chi connectivity index (χ0v) is 13.3. The molecule has 2 heterocycles. The zero-order chi connectivity index (χ0) is 14.3. The van der Waals surface area contributed by atoms with E-state index in [1.807, 2.05) is 0 Å². The van der Waals surface area contributed by atoms with E-state index in [1.165, 1.54) is 19.3 Å². The molecule has 0 aromatic carbocycles. The SMILES string of the molecule is CC(C)(C)C1CCC(C(=O)N2CC[C@H]3CNC[C@H]32)CC1. The van der Waals surface area contributed by atoms with E-state index in [-0.39, 0.29) is 0 Å². The predicted octanol–water partition coefficient (Wildman–Crippen LogP) is 2.66. The fourth-order valence-corrected chi connectivity index (χ4v) is 4.56. The van der Waals surface area contributed by atoms with Crippen molar-refractivity contribution in [2.75, 3.05) is 19.6 Å². The predicted molar refractivity (Wildman–Crippen MR) is 81.4 cm³/mol. The van der Waals surface area contributed by atoms with Crippen molar-refractivity contribution in [3.63, 3.8) is 0 Å². The van der Waals surface area contributed by atoms with Crippen molar-refractivity contribution < 1.29 is 4.79 Å². The summed E-state index contributed by atoms with van der Waals surface area (Å²) in [6.45, 7) is 10.2. The number of rotatable bonds is 1. The molecule has 2 saturated heterocycles. The number of carbonyl (C=O) groups is 1. The average Bonchev–Trinajstić information content (AvgIpc) is 2.99. The Morgan fingerprint density at radius 2 is 1.75 bits per heavy atom.